The topological polar surface area (TPSA) is 79.4 Å². The predicted molar refractivity (Wildman–Crippen MR) is 155 cm³/mol. The number of nitrogens with zero attached hydrogens (tertiary/aromatic N) is 2. The van der Waals surface area contributed by atoms with Crippen LogP contribution in [0.15, 0.2) is 114 Å². The fourth-order valence-electron chi connectivity index (χ4n) is 4.71. The second-order valence-electron chi connectivity index (χ2n) is 9.52. The van der Waals surface area contributed by atoms with Crippen LogP contribution in [0.3, 0.4) is 0 Å². The van der Waals surface area contributed by atoms with E-state index in [4.69, 9.17) is 4.98 Å². The summed E-state index contributed by atoms with van der Waals surface area (Å²) in [6.07, 6.45) is 0. The van der Waals surface area contributed by atoms with Crippen LogP contribution in [0.4, 0.5) is 4.39 Å². The Morgan fingerprint density at radius 1 is 0.900 bits per heavy atom. The summed E-state index contributed by atoms with van der Waals surface area (Å²) in [5, 5.41) is 3.58. The standard InChI is InChI=1S/C32H28FN3O3S/c1-22(24-14-11-15-25(33)20-24)34-32(37)30-27-18-9-10-19-29(27)35-31(23-12-5-3-6-13-23)28(30)21-36(2)40(38,39)26-16-7-4-8-17-26/h3-20,22H,21H2,1-2H3,(H,34,37)/t22-/m0/s1. The highest BCUT2D eigenvalue weighted by Crippen LogP contribution is 2.33. The van der Waals surface area contributed by atoms with Crippen molar-refractivity contribution in [2.24, 2.45) is 0 Å². The summed E-state index contributed by atoms with van der Waals surface area (Å²) >= 11 is 0. The SMILES string of the molecule is C[C@H](NC(=O)c1c(CN(C)S(=O)(=O)c2ccccc2)c(-c2ccccc2)nc2ccccc12)c1cccc(F)c1. The van der Waals surface area contributed by atoms with Gasteiger partial charge in [0.2, 0.25) is 10.0 Å². The number of benzene rings is 4. The smallest absolute Gasteiger partial charge is 0.252 e. The van der Waals surface area contributed by atoms with Crippen LogP contribution in [0.2, 0.25) is 0 Å². The Hall–Kier alpha value is -4.40. The van der Waals surface area contributed by atoms with E-state index in [1.807, 2.05) is 48.5 Å². The first-order valence-electron chi connectivity index (χ1n) is 12.8. The molecule has 0 fully saturated rings. The lowest BCUT2D eigenvalue weighted by Gasteiger charge is -2.23. The molecule has 6 nitrogen and oxygen atoms in total. The summed E-state index contributed by atoms with van der Waals surface area (Å²) in [5.41, 5.74) is 3.26. The van der Waals surface area contributed by atoms with Gasteiger partial charge in [-0.15, -0.1) is 0 Å². The zero-order chi connectivity index (χ0) is 28.3. The van der Waals surface area contributed by atoms with Gasteiger partial charge in [0.1, 0.15) is 5.82 Å². The van der Waals surface area contributed by atoms with E-state index in [1.165, 1.54) is 35.6 Å². The minimum absolute atomic E-state index is 0.101. The number of carbonyl (C=O) groups excluding carboxylic acids is 1. The van der Waals surface area contributed by atoms with E-state index in [0.29, 0.717) is 33.3 Å². The lowest BCUT2D eigenvalue weighted by molar-refractivity contribution is 0.0940. The zero-order valence-corrected chi connectivity index (χ0v) is 22.9. The molecule has 5 rings (SSSR count). The van der Waals surface area contributed by atoms with Gasteiger partial charge in [-0.1, -0.05) is 78.9 Å². The number of para-hydroxylation sites is 1. The molecule has 0 saturated heterocycles. The minimum atomic E-state index is -3.87. The molecule has 0 bridgehead atoms. The van der Waals surface area contributed by atoms with Crippen LogP contribution in [0.1, 0.15) is 34.5 Å². The number of rotatable bonds is 8. The maximum Gasteiger partial charge on any atom is 0.252 e. The van der Waals surface area contributed by atoms with Gasteiger partial charge >= 0.3 is 0 Å². The van der Waals surface area contributed by atoms with Gasteiger partial charge in [-0.3, -0.25) is 4.79 Å². The fraction of sp³-hybridized carbons (Fsp3) is 0.125. The Morgan fingerprint density at radius 3 is 2.25 bits per heavy atom. The number of hydrogen-bond donors (Lipinski definition) is 1. The third-order valence-electron chi connectivity index (χ3n) is 6.80. The van der Waals surface area contributed by atoms with Crippen LogP contribution < -0.4 is 5.32 Å². The van der Waals surface area contributed by atoms with E-state index in [2.05, 4.69) is 5.32 Å². The number of fused-ring (bicyclic) bond motifs is 1. The van der Waals surface area contributed by atoms with Gasteiger partial charge in [0.05, 0.1) is 27.7 Å². The molecule has 0 spiro atoms. The molecule has 0 unspecified atom stereocenters. The Bertz CT molecular complexity index is 1780. The molecular formula is C32H28FN3O3S. The van der Waals surface area contributed by atoms with Crippen LogP contribution in [-0.2, 0) is 16.6 Å². The van der Waals surface area contributed by atoms with Crippen molar-refractivity contribution in [3.05, 3.63) is 132 Å². The number of carbonyl (C=O) groups is 1. The van der Waals surface area contributed by atoms with Gasteiger partial charge in [0.25, 0.3) is 5.91 Å². The van der Waals surface area contributed by atoms with Crippen molar-refractivity contribution in [3.8, 4) is 11.3 Å². The molecule has 1 N–H and O–H groups in total. The second-order valence-corrected chi connectivity index (χ2v) is 11.6. The van der Waals surface area contributed by atoms with Gasteiger partial charge in [-0.2, -0.15) is 4.31 Å². The fourth-order valence-corrected chi connectivity index (χ4v) is 5.87. The molecule has 202 valence electrons. The summed E-state index contributed by atoms with van der Waals surface area (Å²) in [6, 6.07) is 30.4. The normalized spacial score (nSPS) is 12.4. The third kappa shape index (κ3) is 5.50. The van der Waals surface area contributed by atoms with Gasteiger partial charge in [0.15, 0.2) is 0 Å². The first kappa shape index (κ1) is 27.2. The van der Waals surface area contributed by atoms with Gasteiger partial charge in [-0.25, -0.2) is 17.8 Å². The average Bonchev–Trinajstić information content (AvgIpc) is 2.97. The van der Waals surface area contributed by atoms with Crippen LogP contribution in [-0.4, -0.2) is 30.7 Å². The van der Waals surface area contributed by atoms with Crippen LogP contribution in [0.5, 0.6) is 0 Å². The molecule has 1 amide bonds. The van der Waals surface area contributed by atoms with Crippen molar-refractivity contribution in [1.82, 2.24) is 14.6 Å². The van der Waals surface area contributed by atoms with Crippen LogP contribution in [0.25, 0.3) is 22.2 Å². The highest BCUT2D eigenvalue weighted by molar-refractivity contribution is 7.89. The first-order valence-corrected chi connectivity index (χ1v) is 14.2. The Kier molecular flexibility index (Phi) is 7.73. The number of amides is 1. The molecule has 0 radical (unpaired) electrons. The predicted octanol–water partition coefficient (Wildman–Crippen LogP) is 6.35. The monoisotopic (exact) mass is 553 g/mol. The minimum Gasteiger partial charge on any atom is -0.345 e. The molecule has 0 saturated carbocycles. The van der Waals surface area contributed by atoms with E-state index in [-0.39, 0.29) is 11.4 Å². The number of aromatic nitrogens is 1. The molecule has 5 aromatic rings. The Morgan fingerprint density at radius 2 is 1.55 bits per heavy atom. The highest BCUT2D eigenvalue weighted by atomic mass is 32.2. The molecule has 1 aromatic heterocycles. The molecule has 40 heavy (non-hydrogen) atoms. The van der Waals surface area contributed by atoms with Gasteiger partial charge in [-0.05, 0) is 42.8 Å². The number of sulfonamides is 1. The van der Waals surface area contributed by atoms with Gasteiger partial charge < -0.3 is 5.32 Å². The molecule has 4 aromatic carbocycles. The highest BCUT2D eigenvalue weighted by Gasteiger charge is 2.28. The van der Waals surface area contributed by atoms with E-state index in [0.717, 1.165) is 5.56 Å². The molecule has 0 aliphatic rings. The number of hydrogen-bond acceptors (Lipinski definition) is 4. The molecular weight excluding hydrogens is 525 g/mol. The Labute approximate surface area is 233 Å². The Balaban J connectivity index is 1.67. The summed E-state index contributed by atoms with van der Waals surface area (Å²) in [4.78, 5) is 19.1. The second kappa shape index (κ2) is 11.4. The van der Waals surface area contributed by atoms with Crippen molar-refractivity contribution in [1.29, 1.82) is 0 Å². The number of halogens is 1. The molecule has 0 aliphatic heterocycles. The van der Waals surface area contributed by atoms with Crippen molar-refractivity contribution < 1.29 is 17.6 Å². The van der Waals surface area contributed by atoms with Crippen molar-refractivity contribution in [3.63, 3.8) is 0 Å². The molecule has 1 atom stereocenters. The first-order chi connectivity index (χ1) is 19.3. The third-order valence-corrected chi connectivity index (χ3v) is 8.61. The maximum atomic E-state index is 14.0. The lowest BCUT2D eigenvalue weighted by atomic mass is 9.95. The summed E-state index contributed by atoms with van der Waals surface area (Å²) in [5.74, 6) is -0.805. The molecule has 1 heterocycles. The number of nitrogens with one attached hydrogen (secondary N) is 1. The van der Waals surface area contributed by atoms with Crippen LogP contribution in [0, 0.1) is 5.82 Å². The van der Waals surface area contributed by atoms with E-state index < -0.39 is 27.8 Å². The summed E-state index contributed by atoms with van der Waals surface area (Å²) in [7, 11) is -2.38. The average molecular weight is 554 g/mol. The number of pyridine rings is 1. The zero-order valence-electron chi connectivity index (χ0n) is 22.1. The molecule has 0 aliphatic carbocycles. The largest absolute Gasteiger partial charge is 0.345 e. The van der Waals surface area contributed by atoms with Gasteiger partial charge in [0, 0.05) is 30.1 Å². The van der Waals surface area contributed by atoms with Crippen molar-refractivity contribution >= 4 is 26.8 Å². The summed E-state index contributed by atoms with van der Waals surface area (Å²) in [6.45, 7) is 1.68. The lowest BCUT2D eigenvalue weighted by Crippen LogP contribution is -2.31. The van der Waals surface area contributed by atoms with E-state index >= 15 is 0 Å². The van der Waals surface area contributed by atoms with Crippen molar-refractivity contribution in [2.45, 2.75) is 24.4 Å². The van der Waals surface area contributed by atoms with Crippen LogP contribution >= 0.6 is 0 Å². The van der Waals surface area contributed by atoms with E-state index in [1.54, 1.807) is 43.3 Å². The quantitative estimate of drug-likeness (QED) is 0.243. The molecule has 8 heteroatoms. The maximum absolute atomic E-state index is 14.0. The van der Waals surface area contributed by atoms with Crippen molar-refractivity contribution in [2.75, 3.05) is 7.05 Å². The summed E-state index contributed by atoms with van der Waals surface area (Å²) < 4.78 is 42.1. The van der Waals surface area contributed by atoms with E-state index in [9.17, 15) is 17.6 Å².